The van der Waals surface area contributed by atoms with Gasteiger partial charge in [-0.1, -0.05) is 6.07 Å². The van der Waals surface area contributed by atoms with Crippen LogP contribution in [0.2, 0.25) is 0 Å². The third-order valence-electron chi connectivity index (χ3n) is 4.11. The minimum Gasteiger partial charge on any atom is -0.493 e. The molecule has 0 bridgehead atoms. The lowest BCUT2D eigenvalue weighted by atomic mass is 10.1. The zero-order valence-electron chi connectivity index (χ0n) is 15.3. The molecule has 0 radical (unpaired) electrons. The fourth-order valence-electron chi connectivity index (χ4n) is 2.77. The maximum absolute atomic E-state index is 5.83. The molecular formula is C19H18N6O2S. The van der Waals surface area contributed by atoms with E-state index in [4.69, 9.17) is 20.2 Å². The Bertz CT molecular complexity index is 1120. The van der Waals surface area contributed by atoms with Gasteiger partial charge in [-0.05, 0) is 29.6 Å². The molecule has 0 saturated carbocycles. The van der Waals surface area contributed by atoms with E-state index in [0.717, 1.165) is 5.56 Å². The molecule has 0 unspecified atom stereocenters. The van der Waals surface area contributed by atoms with Gasteiger partial charge in [0.05, 0.1) is 32.7 Å². The average molecular weight is 394 g/mol. The fraction of sp³-hybridized carbons (Fsp3) is 0.158. The summed E-state index contributed by atoms with van der Waals surface area (Å²) in [4.78, 5) is 18.8. The molecule has 28 heavy (non-hydrogen) atoms. The molecule has 1 aromatic carbocycles. The molecule has 4 rings (SSSR count). The van der Waals surface area contributed by atoms with Crippen molar-refractivity contribution >= 4 is 34.3 Å². The van der Waals surface area contributed by atoms with Crippen molar-refractivity contribution in [3.8, 4) is 22.8 Å². The van der Waals surface area contributed by atoms with Crippen molar-refractivity contribution in [2.45, 2.75) is 6.54 Å². The molecule has 0 fully saturated rings. The number of nitrogen functional groups attached to an aromatic ring is 1. The number of ether oxygens (including phenoxy) is 2. The standard InChI is InChI=1S/C19H18N6O2S/c1-26-14-6-5-11(8-15(14)27-2)13-10-22-18-16(23-13)17(24-19(20)25-18)21-9-12-4-3-7-28-12/h3-8,10H,9H2,1-2H3,(H3,20,21,22,24,25). The second-order valence-corrected chi connectivity index (χ2v) is 6.89. The largest absolute Gasteiger partial charge is 0.493 e. The summed E-state index contributed by atoms with van der Waals surface area (Å²) in [7, 11) is 3.19. The molecule has 3 aromatic heterocycles. The van der Waals surface area contributed by atoms with E-state index in [-0.39, 0.29) is 5.95 Å². The van der Waals surface area contributed by atoms with Gasteiger partial charge in [0.2, 0.25) is 5.95 Å². The van der Waals surface area contributed by atoms with Crippen molar-refractivity contribution in [2.24, 2.45) is 0 Å². The molecule has 142 valence electrons. The minimum atomic E-state index is 0.148. The predicted molar refractivity (Wildman–Crippen MR) is 110 cm³/mol. The van der Waals surface area contributed by atoms with Crippen LogP contribution >= 0.6 is 11.3 Å². The molecule has 8 nitrogen and oxygen atoms in total. The van der Waals surface area contributed by atoms with Crippen LogP contribution in [0.5, 0.6) is 11.5 Å². The quantitative estimate of drug-likeness (QED) is 0.512. The average Bonchev–Trinajstić information content (AvgIpc) is 3.24. The van der Waals surface area contributed by atoms with Gasteiger partial charge in [-0.15, -0.1) is 11.3 Å². The number of methoxy groups -OCH3 is 2. The molecule has 0 aliphatic carbocycles. The van der Waals surface area contributed by atoms with E-state index in [1.807, 2.05) is 35.7 Å². The lowest BCUT2D eigenvalue weighted by Crippen LogP contribution is -2.06. The van der Waals surface area contributed by atoms with Crippen molar-refractivity contribution in [3.05, 3.63) is 46.8 Å². The summed E-state index contributed by atoms with van der Waals surface area (Å²) in [6.07, 6.45) is 1.65. The molecule has 0 saturated heterocycles. The van der Waals surface area contributed by atoms with Gasteiger partial charge in [0, 0.05) is 10.4 Å². The first-order valence-corrected chi connectivity index (χ1v) is 9.35. The lowest BCUT2D eigenvalue weighted by molar-refractivity contribution is 0.355. The lowest BCUT2D eigenvalue weighted by Gasteiger charge is -2.11. The smallest absolute Gasteiger partial charge is 0.224 e. The number of aromatic nitrogens is 4. The van der Waals surface area contributed by atoms with E-state index in [2.05, 4.69) is 20.3 Å². The highest BCUT2D eigenvalue weighted by atomic mass is 32.1. The SMILES string of the molecule is COc1ccc(-c2cnc3nc(N)nc(NCc4cccs4)c3n2)cc1OC. The fourth-order valence-corrected chi connectivity index (χ4v) is 3.41. The van der Waals surface area contributed by atoms with Crippen LogP contribution in [0.15, 0.2) is 41.9 Å². The number of hydrogen-bond donors (Lipinski definition) is 2. The van der Waals surface area contributed by atoms with Gasteiger partial charge in [0.25, 0.3) is 0 Å². The summed E-state index contributed by atoms with van der Waals surface area (Å²) in [6, 6.07) is 9.63. The summed E-state index contributed by atoms with van der Waals surface area (Å²) in [5.74, 6) is 1.96. The molecule has 4 aromatic rings. The first kappa shape index (κ1) is 17.9. The van der Waals surface area contributed by atoms with Gasteiger partial charge < -0.3 is 20.5 Å². The van der Waals surface area contributed by atoms with Crippen molar-refractivity contribution < 1.29 is 9.47 Å². The number of anilines is 2. The normalized spacial score (nSPS) is 10.8. The highest BCUT2D eigenvalue weighted by molar-refractivity contribution is 7.09. The van der Waals surface area contributed by atoms with Gasteiger partial charge in [0.15, 0.2) is 28.5 Å². The Hall–Kier alpha value is -3.46. The number of nitrogens with one attached hydrogen (secondary N) is 1. The Balaban J connectivity index is 1.75. The second kappa shape index (κ2) is 7.65. The first-order chi connectivity index (χ1) is 13.7. The van der Waals surface area contributed by atoms with E-state index in [9.17, 15) is 0 Å². The van der Waals surface area contributed by atoms with E-state index in [0.29, 0.717) is 40.7 Å². The highest BCUT2D eigenvalue weighted by Crippen LogP contribution is 2.32. The predicted octanol–water partition coefficient (Wildman–Crippen LogP) is 3.36. The van der Waals surface area contributed by atoms with Crippen LogP contribution in [-0.2, 0) is 6.54 Å². The summed E-state index contributed by atoms with van der Waals surface area (Å²) >= 11 is 1.66. The maximum atomic E-state index is 5.83. The van der Waals surface area contributed by atoms with Gasteiger partial charge in [-0.3, -0.25) is 0 Å². The summed E-state index contributed by atoms with van der Waals surface area (Å²) in [5, 5.41) is 5.31. The van der Waals surface area contributed by atoms with Crippen molar-refractivity contribution in [3.63, 3.8) is 0 Å². The van der Waals surface area contributed by atoms with Crippen LogP contribution in [0, 0.1) is 0 Å². The monoisotopic (exact) mass is 394 g/mol. The Labute approximate surface area is 165 Å². The number of nitrogens with two attached hydrogens (primary N) is 1. The number of thiophene rings is 1. The zero-order chi connectivity index (χ0) is 19.5. The molecule has 0 aliphatic rings. The molecule has 9 heteroatoms. The highest BCUT2D eigenvalue weighted by Gasteiger charge is 2.13. The van der Waals surface area contributed by atoms with E-state index in [1.54, 1.807) is 31.8 Å². The molecule has 0 spiro atoms. The van der Waals surface area contributed by atoms with Crippen LogP contribution in [0.25, 0.3) is 22.4 Å². The number of rotatable bonds is 6. The Morgan fingerprint density at radius 1 is 1.07 bits per heavy atom. The van der Waals surface area contributed by atoms with Gasteiger partial charge in [-0.2, -0.15) is 9.97 Å². The second-order valence-electron chi connectivity index (χ2n) is 5.86. The summed E-state index contributed by atoms with van der Waals surface area (Å²) < 4.78 is 10.7. The van der Waals surface area contributed by atoms with E-state index >= 15 is 0 Å². The topological polar surface area (TPSA) is 108 Å². The van der Waals surface area contributed by atoms with Gasteiger partial charge in [-0.25, -0.2) is 9.97 Å². The molecule has 3 heterocycles. The number of hydrogen-bond acceptors (Lipinski definition) is 9. The molecule has 3 N–H and O–H groups in total. The van der Waals surface area contributed by atoms with Crippen molar-refractivity contribution in [1.29, 1.82) is 0 Å². The van der Waals surface area contributed by atoms with Crippen LogP contribution in [-0.4, -0.2) is 34.2 Å². The zero-order valence-corrected chi connectivity index (χ0v) is 16.2. The molecule has 0 atom stereocenters. The summed E-state index contributed by atoms with van der Waals surface area (Å²) in [6.45, 7) is 0.617. The van der Waals surface area contributed by atoms with Gasteiger partial charge in [0.1, 0.15) is 0 Å². The van der Waals surface area contributed by atoms with Crippen LogP contribution in [0.4, 0.5) is 11.8 Å². The Morgan fingerprint density at radius 3 is 2.68 bits per heavy atom. The molecular weight excluding hydrogens is 376 g/mol. The van der Waals surface area contributed by atoms with E-state index in [1.165, 1.54) is 4.88 Å². The molecule has 0 amide bonds. The van der Waals surface area contributed by atoms with Crippen LogP contribution < -0.4 is 20.5 Å². The Morgan fingerprint density at radius 2 is 1.93 bits per heavy atom. The van der Waals surface area contributed by atoms with Crippen molar-refractivity contribution in [1.82, 2.24) is 19.9 Å². The van der Waals surface area contributed by atoms with Crippen LogP contribution in [0.3, 0.4) is 0 Å². The number of fused-ring (bicyclic) bond motifs is 1. The third kappa shape index (κ3) is 3.52. The number of benzene rings is 1. The maximum Gasteiger partial charge on any atom is 0.224 e. The van der Waals surface area contributed by atoms with Crippen molar-refractivity contribution in [2.75, 3.05) is 25.3 Å². The number of nitrogens with zero attached hydrogens (tertiary/aromatic N) is 4. The first-order valence-electron chi connectivity index (χ1n) is 8.47. The Kier molecular flexibility index (Phi) is 4.90. The third-order valence-corrected chi connectivity index (χ3v) is 4.99. The minimum absolute atomic E-state index is 0.148. The molecule has 0 aliphatic heterocycles. The van der Waals surface area contributed by atoms with Gasteiger partial charge >= 0.3 is 0 Å². The summed E-state index contributed by atoms with van der Waals surface area (Å²) in [5.41, 5.74) is 8.33. The van der Waals surface area contributed by atoms with Crippen LogP contribution in [0.1, 0.15) is 4.88 Å². The van der Waals surface area contributed by atoms with E-state index < -0.39 is 0 Å².